The molecule has 3 aromatic rings. The zero-order chi connectivity index (χ0) is 13.8. The topological polar surface area (TPSA) is 64.5 Å². The first-order chi connectivity index (χ1) is 9.85. The van der Waals surface area contributed by atoms with E-state index >= 15 is 0 Å². The minimum Gasteiger partial charge on any atom is -0.341 e. The van der Waals surface area contributed by atoms with Crippen molar-refractivity contribution in [1.29, 1.82) is 5.26 Å². The van der Waals surface area contributed by atoms with Crippen molar-refractivity contribution in [2.24, 2.45) is 0 Å². The lowest BCUT2D eigenvalue weighted by atomic mass is 10.1. The minimum atomic E-state index is 0.686. The molecule has 20 heavy (non-hydrogen) atoms. The van der Waals surface area contributed by atoms with Crippen LogP contribution in [0.5, 0.6) is 0 Å². The van der Waals surface area contributed by atoms with Gasteiger partial charge in [0.1, 0.15) is 5.82 Å². The molecule has 4 heteroatoms. The van der Waals surface area contributed by atoms with Crippen molar-refractivity contribution in [2.45, 2.75) is 13.1 Å². The van der Waals surface area contributed by atoms with E-state index in [9.17, 15) is 0 Å². The zero-order valence-corrected chi connectivity index (χ0v) is 10.9. The molecule has 0 bridgehead atoms. The summed E-state index contributed by atoms with van der Waals surface area (Å²) < 4.78 is 0. The van der Waals surface area contributed by atoms with Gasteiger partial charge in [0, 0.05) is 6.54 Å². The number of imidazole rings is 1. The summed E-state index contributed by atoms with van der Waals surface area (Å²) in [5, 5.41) is 12.1. The summed E-state index contributed by atoms with van der Waals surface area (Å²) >= 11 is 0. The molecule has 98 valence electrons. The fraction of sp³-hybridized carbons (Fsp3) is 0.125. The SMILES string of the molecule is N#Cc1ccc(CNCc2nc3ccccc3[nH]2)cc1. The van der Waals surface area contributed by atoms with Crippen LogP contribution in [0.25, 0.3) is 11.0 Å². The number of nitriles is 1. The van der Waals surface area contributed by atoms with Gasteiger partial charge in [0.05, 0.1) is 29.2 Å². The fourth-order valence-electron chi connectivity index (χ4n) is 2.11. The monoisotopic (exact) mass is 262 g/mol. The predicted molar refractivity (Wildman–Crippen MR) is 77.8 cm³/mol. The first-order valence-corrected chi connectivity index (χ1v) is 6.48. The van der Waals surface area contributed by atoms with Crippen molar-refractivity contribution in [1.82, 2.24) is 15.3 Å². The highest BCUT2D eigenvalue weighted by molar-refractivity contribution is 5.74. The Bertz CT molecular complexity index is 717. The van der Waals surface area contributed by atoms with E-state index in [1.807, 2.05) is 48.5 Å². The number of nitrogens with one attached hydrogen (secondary N) is 2. The molecule has 4 nitrogen and oxygen atoms in total. The van der Waals surface area contributed by atoms with Gasteiger partial charge in [-0.15, -0.1) is 0 Å². The van der Waals surface area contributed by atoms with Gasteiger partial charge in [0.15, 0.2) is 0 Å². The Balaban J connectivity index is 1.60. The molecule has 0 aliphatic heterocycles. The molecule has 0 saturated carbocycles. The standard InChI is InChI=1S/C16H14N4/c17-9-12-5-7-13(8-6-12)10-18-11-16-19-14-3-1-2-4-15(14)20-16/h1-8,18H,10-11H2,(H,19,20). The number of fused-ring (bicyclic) bond motifs is 1. The molecule has 0 fully saturated rings. The number of H-pyrrole nitrogens is 1. The van der Waals surface area contributed by atoms with E-state index in [0.717, 1.165) is 29.0 Å². The second kappa shape index (κ2) is 5.55. The van der Waals surface area contributed by atoms with Gasteiger partial charge in [-0.1, -0.05) is 24.3 Å². The third-order valence-electron chi connectivity index (χ3n) is 3.14. The number of benzene rings is 2. The summed E-state index contributed by atoms with van der Waals surface area (Å²) in [6.45, 7) is 1.44. The Morgan fingerprint density at radius 2 is 1.85 bits per heavy atom. The van der Waals surface area contributed by atoms with Gasteiger partial charge >= 0.3 is 0 Å². The molecule has 0 atom stereocenters. The van der Waals surface area contributed by atoms with Crippen molar-refractivity contribution in [3.05, 3.63) is 65.5 Å². The van der Waals surface area contributed by atoms with E-state index in [2.05, 4.69) is 21.4 Å². The maximum Gasteiger partial charge on any atom is 0.121 e. The van der Waals surface area contributed by atoms with E-state index in [1.54, 1.807) is 0 Å². The fourth-order valence-corrected chi connectivity index (χ4v) is 2.11. The van der Waals surface area contributed by atoms with Crippen LogP contribution >= 0.6 is 0 Å². The van der Waals surface area contributed by atoms with E-state index in [-0.39, 0.29) is 0 Å². The minimum absolute atomic E-state index is 0.686. The molecule has 0 amide bonds. The summed E-state index contributed by atoms with van der Waals surface area (Å²) in [5.74, 6) is 0.930. The molecule has 0 saturated heterocycles. The number of aromatic amines is 1. The van der Waals surface area contributed by atoms with E-state index in [1.165, 1.54) is 0 Å². The van der Waals surface area contributed by atoms with E-state index in [0.29, 0.717) is 12.1 Å². The van der Waals surface area contributed by atoms with Crippen LogP contribution in [0.15, 0.2) is 48.5 Å². The molecule has 0 unspecified atom stereocenters. The Labute approximate surface area is 117 Å². The lowest BCUT2D eigenvalue weighted by Gasteiger charge is -2.02. The summed E-state index contributed by atoms with van der Waals surface area (Å²) in [6, 6.07) is 17.7. The third kappa shape index (κ3) is 2.68. The average Bonchev–Trinajstić information content (AvgIpc) is 2.90. The average molecular weight is 262 g/mol. The molecule has 1 heterocycles. The van der Waals surface area contributed by atoms with E-state index in [4.69, 9.17) is 5.26 Å². The summed E-state index contributed by atoms with van der Waals surface area (Å²) in [4.78, 5) is 7.79. The third-order valence-corrected chi connectivity index (χ3v) is 3.14. The molecule has 0 aliphatic rings. The van der Waals surface area contributed by atoms with Crippen LogP contribution in [0.4, 0.5) is 0 Å². The van der Waals surface area contributed by atoms with Crippen LogP contribution in [-0.4, -0.2) is 9.97 Å². The largest absolute Gasteiger partial charge is 0.341 e. The smallest absolute Gasteiger partial charge is 0.121 e. The highest BCUT2D eigenvalue weighted by Crippen LogP contribution is 2.10. The van der Waals surface area contributed by atoms with Crippen LogP contribution in [0.1, 0.15) is 17.0 Å². The van der Waals surface area contributed by atoms with Crippen molar-refractivity contribution in [3.63, 3.8) is 0 Å². The number of hydrogen-bond donors (Lipinski definition) is 2. The number of hydrogen-bond acceptors (Lipinski definition) is 3. The Morgan fingerprint density at radius 3 is 2.60 bits per heavy atom. The zero-order valence-electron chi connectivity index (χ0n) is 10.9. The number of aromatic nitrogens is 2. The lowest BCUT2D eigenvalue weighted by Crippen LogP contribution is -2.13. The van der Waals surface area contributed by atoms with Crippen molar-refractivity contribution in [2.75, 3.05) is 0 Å². The summed E-state index contributed by atoms with van der Waals surface area (Å²) in [5.41, 5.74) is 3.89. The normalized spacial score (nSPS) is 10.6. The van der Waals surface area contributed by atoms with Gasteiger partial charge in [0.25, 0.3) is 0 Å². The quantitative estimate of drug-likeness (QED) is 0.759. The van der Waals surface area contributed by atoms with Crippen LogP contribution < -0.4 is 5.32 Å². The Kier molecular flexibility index (Phi) is 3.44. The van der Waals surface area contributed by atoms with Crippen LogP contribution in [0, 0.1) is 11.3 Å². The summed E-state index contributed by atoms with van der Waals surface area (Å²) in [6.07, 6.45) is 0. The van der Waals surface area contributed by atoms with Gasteiger partial charge in [-0.2, -0.15) is 5.26 Å². The van der Waals surface area contributed by atoms with Gasteiger partial charge in [-0.3, -0.25) is 0 Å². The number of para-hydroxylation sites is 2. The molecule has 0 aliphatic carbocycles. The Morgan fingerprint density at radius 1 is 1.05 bits per heavy atom. The molecule has 0 spiro atoms. The first-order valence-electron chi connectivity index (χ1n) is 6.48. The number of rotatable bonds is 4. The molecule has 3 rings (SSSR count). The second-order valence-electron chi connectivity index (χ2n) is 4.61. The molecule has 1 aromatic heterocycles. The highest BCUT2D eigenvalue weighted by Gasteiger charge is 2.01. The molecule has 0 radical (unpaired) electrons. The predicted octanol–water partition coefficient (Wildman–Crippen LogP) is 2.72. The van der Waals surface area contributed by atoms with Gasteiger partial charge < -0.3 is 10.3 Å². The maximum atomic E-state index is 8.74. The Hall–Kier alpha value is -2.64. The van der Waals surface area contributed by atoms with Crippen LogP contribution in [-0.2, 0) is 13.1 Å². The second-order valence-corrected chi connectivity index (χ2v) is 4.61. The van der Waals surface area contributed by atoms with E-state index < -0.39 is 0 Å². The molecular weight excluding hydrogens is 248 g/mol. The van der Waals surface area contributed by atoms with Crippen molar-refractivity contribution >= 4 is 11.0 Å². The maximum absolute atomic E-state index is 8.74. The lowest BCUT2D eigenvalue weighted by molar-refractivity contribution is 0.670. The summed E-state index contributed by atoms with van der Waals surface area (Å²) in [7, 11) is 0. The van der Waals surface area contributed by atoms with Crippen molar-refractivity contribution < 1.29 is 0 Å². The highest BCUT2D eigenvalue weighted by atomic mass is 15.0. The van der Waals surface area contributed by atoms with Gasteiger partial charge in [-0.25, -0.2) is 4.98 Å². The molecular formula is C16H14N4. The van der Waals surface area contributed by atoms with Crippen LogP contribution in [0.3, 0.4) is 0 Å². The van der Waals surface area contributed by atoms with Gasteiger partial charge in [0.2, 0.25) is 0 Å². The van der Waals surface area contributed by atoms with Crippen molar-refractivity contribution in [3.8, 4) is 6.07 Å². The molecule has 2 aromatic carbocycles. The first kappa shape index (κ1) is 12.4. The number of nitrogens with zero attached hydrogens (tertiary/aromatic N) is 2. The van der Waals surface area contributed by atoms with Gasteiger partial charge in [-0.05, 0) is 29.8 Å². The molecule has 2 N–H and O–H groups in total. The van der Waals surface area contributed by atoms with Crippen LogP contribution in [0.2, 0.25) is 0 Å².